The van der Waals surface area contributed by atoms with E-state index in [1.165, 1.54) is 4.90 Å². The monoisotopic (exact) mass is 354 g/mol. The average Bonchev–Trinajstić information content (AvgIpc) is 3.24. The molecule has 24 heavy (non-hydrogen) atoms. The lowest BCUT2D eigenvalue weighted by Gasteiger charge is -2.27. The molecule has 120 valence electrons. The molecular formula is C18H15ClN4S. The summed E-state index contributed by atoms with van der Waals surface area (Å²) in [7, 11) is -0.354. The van der Waals surface area contributed by atoms with Gasteiger partial charge in [0.2, 0.25) is 0 Å². The summed E-state index contributed by atoms with van der Waals surface area (Å²) in [5, 5.41) is 4.22. The van der Waals surface area contributed by atoms with Gasteiger partial charge < -0.3 is 0 Å². The Morgan fingerprint density at radius 3 is 2.33 bits per heavy atom. The lowest BCUT2D eigenvalue weighted by Crippen LogP contribution is -2.18. The molecule has 4 rings (SSSR count). The van der Waals surface area contributed by atoms with Gasteiger partial charge in [-0.05, 0) is 41.0 Å². The first-order valence-electron chi connectivity index (χ1n) is 7.53. The minimum absolute atomic E-state index is 0.354. The number of nitrogens with zero attached hydrogens (tertiary/aromatic N) is 4. The van der Waals surface area contributed by atoms with Crippen LogP contribution >= 0.6 is 22.3 Å². The molecule has 1 atom stereocenters. The Kier molecular flexibility index (Phi) is 4.19. The normalized spacial score (nSPS) is 17.2. The van der Waals surface area contributed by atoms with Gasteiger partial charge >= 0.3 is 0 Å². The van der Waals surface area contributed by atoms with Crippen LogP contribution in [0.25, 0.3) is 0 Å². The largest absolute Gasteiger partial charge is 0.287 e. The minimum atomic E-state index is -0.354. The molecular weight excluding hydrogens is 340 g/mol. The van der Waals surface area contributed by atoms with Gasteiger partial charge in [0, 0.05) is 4.90 Å². The molecule has 0 saturated heterocycles. The minimum Gasteiger partial charge on any atom is -0.287 e. The predicted octanol–water partition coefficient (Wildman–Crippen LogP) is 4.29. The molecule has 1 unspecified atom stereocenters. The van der Waals surface area contributed by atoms with Crippen LogP contribution in [0.2, 0.25) is 0 Å². The second-order valence-electron chi connectivity index (χ2n) is 5.26. The van der Waals surface area contributed by atoms with Gasteiger partial charge in [-0.1, -0.05) is 48.0 Å². The lowest BCUT2D eigenvalue weighted by atomic mass is 10.3. The zero-order valence-corrected chi connectivity index (χ0v) is 14.4. The van der Waals surface area contributed by atoms with Crippen molar-refractivity contribution in [3.8, 4) is 0 Å². The van der Waals surface area contributed by atoms with E-state index in [9.17, 15) is 0 Å². The van der Waals surface area contributed by atoms with E-state index in [-0.39, 0.29) is 10.7 Å². The highest BCUT2D eigenvalue weighted by Crippen LogP contribution is 2.44. The van der Waals surface area contributed by atoms with E-state index in [1.54, 1.807) is 12.7 Å². The van der Waals surface area contributed by atoms with E-state index in [1.807, 2.05) is 47.2 Å². The molecule has 4 nitrogen and oxygen atoms in total. The van der Waals surface area contributed by atoms with Crippen molar-refractivity contribution in [1.29, 1.82) is 0 Å². The van der Waals surface area contributed by atoms with Crippen molar-refractivity contribution in [2.45, 2.75) is 11.4 Å². The molecule has 0 saturated carbocycles. The molecule has 0 amide bonds. The van der Waals surface area contributed by atoms with E-state index >= 15 is 0 Å². The summed E-state index contributed by atoms with van der Waals surface area (Å²) in [5.41, 5.74) is 2.22. The van der Waals surface area contributed by atoms with Gasteiger partial charge in [-0.3, -0.25) is 4.31 Å². The van der Waals surface area contributed by atoms with Gasteiger partial charge in [0.1, 0.15) is 12.7 Å². The van der Waals surface area contributed by atoms with Gasteiger partial charge in [0.05, 0.1) is 22.3 Å². The molecule has 0 N–H and O–H groups in total. The smallest absolute Gasteiger partial charge is 0.137 e. The third kappa shape index (κ3) is 2.88. The molecule has 0 spiro atoms. The summed E-state index contributed by atoms with van der Waals surface area (Å²) in [6.07, 6.45) is 5.31. The van der Waals surface area contributed by atoms with Gasteiger partial charge in [-0.15, -0.1) is 0 Å². The van der Waals surface area contributed by atoms with Crippen LogP contribution in [0.3, 0.4) is 0 Å². The number of hydrogen-bond donors (Lipinski definition) is 0. The fraction of sp³-hybridized carbons (Fsp3) is 0.0556. The van der Waals surface area contributed by atoms with Gasteiger partial charge in [-0.2, -0.15) is 5.10 Å². The third-order valence-corrected chi connectivity index (χ3v) is 6.22. The number of aromatic nitrogens is 3. The van der Waals surface area contributed by atoms with Crippen molar-refractivity contribution in [2.24, 2.45) is 0 Å². The van der Waals surface area contributed by atoms with Crippen LogP contribution in [0.15, 0.2) is 90.0 Å². The van der Waals surface area contributed by atoms with Crippen LogP contribution in [0, 0.1) is 0 Å². The molecule has 0 bridgehead atoms. The Balaban J connectivity index is 1.78. The summed E-state index contributed by atoms with van der Waals surface area (Å²) in [5.74, 6) is 0. The number of rotatable bonds is 4. The Labute approximate surface area is 148 Å². The SMILES string of the molecule is ClC1=S(c2ccccc2)N(c2ccccc2)C(Cn2cncn2)=C1. The summed E-state index contributed by atoms with van der Waals surface area (Å²) in [4.78, 5) is 5.22. The number of hydrogen-bond acceptors (Lipinski definition) is 3. The van der Waals surface area contributed by atoms with Gasteiger partial charge in [0.15, 0.2) is 0 Å². The zero-order valence-electron chi connectivity index (χ0n) is 12.8. The van der Waals surface area contributed by atoms with Crippen LogP contribution < -0.4 is 4.31 Å². The first kappa shape index (κ1) is 15.2. The first-order valence-corrected chi connectivity index (χ1v) is 9.09. The fourth-order valence-corrected chi connectivity index (χ4v) is 5.19. The van der Waals surface area contributed by atoms with Crippen LogP contribution in [-0.4, -0.2) is 19.1 Å². The maximum Gasteiger partial charge on any atom is 0.137 e. The van der Waals surface area contributed by atoms with Crippen LogP contribution in [0.5, 0.6) is 0 Å². The fourth-order valence-electron chi connectivity index (χ4n) is 2.64. The molecule has 0 radical (unpaired) electrons. The quantitative estimate of drug-likeness (QED) is 0.517. The first-order chi connectivity index (χ1) is 11.8. The van der Waals surface area contributed by atoms with Crippen LogP contribution in [0.1, 0.15) is 0 Å². The van der Waals surface area contributed by atoms with E-state index < -0.39 is 0 Å². The molecule has 0 aliphatic carbocycles. The second-order valence-corrected chi connectivity index (χ2v) is 7.74. The highest BCUT2D eigenvalue weighted by Gasteiger charge is 2.26. The van der Waals surface area contributed by atoms with E-state index in [0.717, 1.165) is 15.7 Å². The lowest BCUT2D eigenvalue weighted by molar-refractivity contribution is 0.672. The summed E-state index contributed by atoms with van der Waals surface area (Å²) < 4.78 is 4.93. The highest BCUT2D eigenvalue weighted by atomic mass is 35.5. The number of anilines is 1. The van der Waals surface area contributed by atoms with Crippen molar-refractivity contribution < 1.29 is 0 Å². The van der Waals surface area contributed by atoms with Crippen LogP contribution in [0.4, 0.5) is 5.69 Å². The predicted molar refractivity (Wildman–Crippen MR) is 100 cm³/mol. The molecule has 1 aliphatic rings. The van der Waals surface area contributed by atoms with Crippen molar-refractivity contribution in [3.05, 3.63) is 85.1 Å². The molecule has 2 heterocycles. The third-order valence-electron chi connectivity index (χ3n) is 3.66. The van der Waals surface area contributed by atoms with E-state index in [4.69, 9.17) is 11.6 Å². The highest BCUT2D eigenvalue weighted by molar-refractivity contribution is 8.19. The Morgan fingerprint density at radius 1 is 0.958 bits per heavy atom. The number of para-hydroxylation sites is 1. The Morgan fingerprint density at radius 2 is 1.67 bits per heavy atom. The van der Waals surface area contributed by atoms with E-state index in [2.05, 4.69) is 38.7 Å². The molecule has 2 aromatic carbocycles. The van der Waals surface area contributed by atoms with Gasteiger partial charge in [-0.25, -0.2) is 9.67 Å². The van der Waals surface area contributed by atoms with E-state index in [0.29, 0.717) is 6.54 Å². The molecule has 1 aromatic heterocycles. The average molecular weight is 355 g/mol. The topological polar surface area (TPSA) is 34.0 Å². The molecule has 0 fully saturated rings. The Hall–Kier alpha value is -2.37. The van der Waals surface area contributed by atoms with Crippen molar-refractivity contribution >= 4 is 32.3 Å². The maximum atomic E-state index is 6.66. The molecule has 6 heteroatoms. The van der Waals surface area contributed by atoms with Gasteiger partial charge in [0.25, 0.3) is 0 Å². The zero-order chi connectivity index (χ0) is 16.4. The number of halogens is 1. The molecule has 1 aliphatic heterocycles. The van der Waals surface area contributed by atoms with Crippen molar-refractivity contribution in [1.82, 2.24) is 14.8 Å². The van der Waals surface area contributed by atoms with Crippen molar-refractivity contribution in [3.63, 3.8) is 0 Å². The standard InChI is InChI=1S/C18H15ClN4S/c19-18-11-16(12-22-14-20-13-21-22)23(15-7-3-1-4-8-15)24(18)17-9-5-2-6-10-17/h1-11,13-14H,12H2. The van der Waals surface area contributed by atoms with Crippen molar-refractivity contribution in [2.75, 3.05) is 4.31 Å². The Bertz CT molecular complexity index is 889. The van der Waals surface area contributed by atoms with Crippen LogP contribution in [-0.2, 0) is 6.54 Å². The summed E-state index contributed by atoms with van der Waals surface area (Å²) >= 11 is 6.66. The number of benzene rings is 2. The summed E-state index contributed by atoms with van der Waals surface area (Å²) in [6, 6.07) is 20.7. The number of allylic oxidation sites excluding steroid dienone is 2. The second kappa shape index (κ2) is 6.63. The maximum absolute atomic E-state index is 6.66. The molecule has 3 aromatic rings. The summed E-state index contributed by atoms with van der Waals surface area (Å²) in [6.45, 7) is 0.626.